The number of carbonyl (C=O) groups is 1. The molecule has 13 nitrogen and oxygen atoms in total. The number of carbonyl (C=O) groups excluding carboxylic acids is 1. The van der Waals surface area contributed by atoms with Crippen LogP contribution in [-0.2, 0) is 14.9 Å². The summed E-state index contributed by atoms with van der Waals surface area (Å²) in [6.45, 7) is 1.72. The second-order valence-corrected chi connectivity index (χ2v) is 7.82. The van der Waals surface area contributed by atoms with E-state index in [1.807, 2.05) is 0 Å². The average molecular weight is 476 g/mol. The fraction of sp³-hybridized carbons (Fsp3) is 0.105. The minimum Gasteiger partial charge on any atom is -0.506 e. The van der Waals surface area contributed by atoms with Crippen LogP contribution in [0.25, 0.3) is 10.8 Å². The molecular weight excluding hydrogens is 460 g/mol. The van der Waals surface area contributed by atoms with Gasteiger partial charge in [0.2, 0.25) is 0 Å². The summed E-state index contributed by atoms with van der Waals surface area (Å²) in [6.07, 6.45) is -0.773. The molecule has 1 amide bonds. The highest BCUT2D eigenvalue weighted by molar-refractivity contribution is 7.86. The quantitative estimate of drug-likeness (QED) is 0.172. The standard InChI is InChI=1S/C19H16N4O9S/c1-2-32-19(26)20-12-5-3-4-10-6-7-14(24)17(16(10)12)22-21-13-8-11(23(27)28)9-15(18(13)25)33(29,30)31/h3-9,24-25H,2H2,1H3,(H,20,26)(H,29,30,31). The summed E-state index contributed by atoms with van der Waals surface area (Å²) in [4.78, 5) is 20.9. The van der Waals surface area contributed by atoms with E-state index in [0.29, 0.717) is 11.5 Å². The van der Waals surface area contributed by atoms with Crippen molar-refractivity contribution in [2.45, 2.75) is 11.8 Å². The Balaban J connectivity index is 2.20. The molecular formula is C19H16N4O9S. The zero-order valence-corrected chi connectivity index (χ0v) is 17.6. The smallest absolute Gasteiger partial charge is 0.411 e. The lowest BCUT2D eigenvalue weighted by Crippen LogP contribution is -2.13. The van der Waals surface area contributed by atoms with Gasteiger partial charge in [-0.1, -0.05) is 18.2 Å². The van der Waals surface area contributed by atoms with E-state index in [9.17, 15) is 38.1 Å². The molecule has 0 atom stereocenters. The van der Waals surface area contributed by atoms with Crippen LogP contribution in [0.5, 0.6) is 11.5 Å². The Labute approximate surface area is 185 Å². The molecule has 14 heteroatoms. The number of fused-ring (bicyclic) bond motifs is 1. The first-order valence-electron chi connectivity index (χ1n) is 9.12. The number of nitrogens with one attached hydrogen (secondary N) is 1. The number of benzene rings is 3. The Morgan fingerprint density at radius 1 is 1.18 bits per heavy atom. The molecule has 0 fully saturated rings. The number of non-ortho nitro benzene ring substituents is 1. The molecule has 172 valence electrons. The van der Waals surface area contributed by atoms with Gasteiger partial charge in [-0.05, 0) is 24.4 Å². The van der Waals surface area contributed by atoms with Crippen LogP contribution < -0.4 is 5.32 Å². The number of hydrogen-bond acceptors (Lipinski definition) is 10. The molecule has 3 aromatic carbocycles. The summed E-state index contributed by atoms with van der Waals surface area (Å²) >= 11 is 0. The molecule has 0 aliphatic heterocycles. The van der Waals surface area contributed by atoms with E-state index in [1.165, 1.54) is 18.2 Å². The van der Waals surface area contributed by atoms with E-state index in [1.54, 1.807) is 19.1 Å². The van der Waals surface area contributed by atoms with E-state index in [-0.39, 0.29) is 23.4 Å². The second kappa shape index (κ2) is 9.05. The third-order valence-electron chi connectivity index (χ3n) is 4.30. The average Bonchev–Trinajstić information content (AvgIpc) is 2.73. The van der Waals surface area contributed by atoms with Crippen molar-refractivity contribution in [2.24, 2.45) is 10.2 Å². The number of amides is 1. The minimum absolute atomic E-state index is 0.108. The van der Waals surface area contributed by atoms with Gasteiger partial charge in [-0.25, -0.2) is 4.79 Å². The van der Waals surface area contributed by atoms with Gasteiger partial charge in [0.05, 0.1) is 17.2 Å². The Bertz CT molecular complexity index is 1400. The maximum absolute atomic E-state index is 11.9. The molecule has 0 aliphatic carbocycles. The number of nitrogens with zero attached hydrogens (tertiary/aromatic N) is 3. The number of nitro groups is 1. The summed E-state index contributed by atoms with van der Waals surface area (Å²) in [6, 6.07) is 8.76. The first kappa shape index (κ1) is 23.4. The third kappa shape index (κ3) is 4.97. The van der Waals surface area contributed by atoms with Crippen LogP contribution >= 0.6 is 0 Å². The molecule has 3 rings (SSSR count). The van der Waals surface area contributed by atoms with Gasteiger partial charge >= 0.3 is 6.09 Å². The van der Waals surface area contributed by atoms with Crippen LogP contribution in [0, 0.1) is 10.1 Å². The summed E-state index contributed by atoms with van der Waals surface area (Å²) in [7, 11) is -5.03. The minimum atomic E-state index is -5.03. The van der Waals surface area contributed by atoms with Crippen LogP contribution in [0.3, 0.4) is 0 Å². The maximum atomic E-state index is 11.9. The van der Waals surface area contributed by atoms with Gasteiger partial charge in [-0.2, -0.15) is 8.42 Å². The lowest BCUT2D eigenvalue weighted by Gasteiger charge is -2.11. The number of phenols is 2. The van der Waals surface area contributed by atoms with Gasteiger partial charge in [-0.3, -0.25) is 20.0 Å². The molecule has 0 spiro atoms. The molecule has 33 heavy (non-hydrogen) atoms. The lowest BCUT2D eigenvalue weighted by atomic mass is 10.1. The number of hydrogen-bond donors (Lipinski definition) is 4. The highest BCUT2D eigenvalue weighted by Gasteiger charge is 2.24. The zero-order valence-electron chi connectivity index (χ0n) is 16.8. The number of ether oxygens (including phenoxy) is 1. The van der Waals surface area contributed by atoms with Gasteiger partial charge in [0.25, 0.3) is 15.8 Å². The molecule has 0 bridgehead atoms. The van der Waals surface area contributed by atoms with E-state index >= 15 is 0 Å². The van der Waals surface area contributed by atoms with Crippen molar-refractivity contribution in [3.63, 3.8) is 0 Å². The number of phenolic OH excluding ortho intramolecular Hbond substituents is 2. The Morgan fingerprint density at radius 2 is 1.91 bits per heavy atom. The van der Waals surface area contributed by atoms with Crippen molar-refractivity contribution in [1.29, 1.82) is 0 Å². The topological polar surface area (TPSA) is 201 Å². The summed E-state index contributed by atoms with van der Waals surface area (Å²) in [5, 5.41) is 42.3. The van der Waals surface area contributed by atoms with E-state index in [0.717, 1.165) is 6.07 Å². The Kier molecular flexibility index (Phi) is 6.41. The van der Waals surface area contributed by atoms with E-state index in [2.05, 4.69) is 15.5 Å². The Hall–Kier alpha value is -4.30. The number of azo groups is 1. The second-order valence-electron chi connectivity index (χ2n) is 6.43. The number of aromatic hydroxyl groups is 2. The van der Waals surface area contributed by atoms with Gasteiger partial charge in [0, 0.05) is 17.5 Å². The molecule has 4 N–H and O–H groups in total. The molecule has 0 aliphatic rings. The highest BCUT2D eigenvalue weighted by Crippen LogP contribution is 2.42. The lowest BCUT2D eigenvalue weighted by molar-refractivity contribution is -0.385. The van der Waals surface area contributed by atoms with Crippen LogP contribution in [0.4, 0.5) is 27.5 Å². The number of anilines is 1. The molecule has 0 aromatic heterocycles. The van der Waals surface area contributed by atoms with Crippen molar-refractivity contribution in [2.75, 3.05) is 11.9 Å². The fourth-order valence-electron chi connectivity index (χ4n) is 2.89. The van der Waals surface area contributed by atoms with Gasteiger partial charge in [0.1, 0.15) is 22.0 Å². The van der Waals surface area contributed by atoms with Gasteiger partial charge < -0.3 is 14.9 Å². The molecule has 0 saturated heterocycles. The summed E-state index contributed by atoms with van der Waals surface area (Å²) < 4.78 is 37.1. The largest absolute Gasteiger partial charge is 0.506 e. The van der Waals surface area contributed by atoms with Crippen molar-refractivity contribution in [3.8, 4) is 11.5 Å². The van der Waals surface area contributed by atoms with Crippen molar-refractivity contribution in [3.05, 3.63) is 52.6 Å². The maximum Gasteiger partial charge on any atom is 0.411 e. The van der Waals surface area contributed by atoms with E-state index in [4.69, 9.17) is 4.74 Å². The van der Waals surface area contributed by atoms with Crippen LogP contribution in [0.1, 0.15) is 6.92 Å². The first-order chi connectivity index (χ1) is 15.5. The first-order valence-corrected chi connectivity index (χ1v) is 10.6. The number of rotatable bonds is 6. The summed E-state index contributed by atoms with van der Waals surface area (Å²) in [5.74, 6) is -1.49. The molecule has 0 radical (unpaired) electrons. The highest BCUT2D eigenvalue weighted by atomic mass is 32.2. The van der Waals surface area contributed by atoms with Crippen LogP contribution in [0.2, 0.25) is 0 Å². The molecule has 0 saturated carbocycles. The molecule has 0 unspecified atom stereocenters. The van der Waals surface area contributed by atoms with Crippen molar-refractivity contribution >= 4 is 49.7 Å². The van der Waals surface area contributed by atoms with Gasteiger partial charge in [0.15, 0.2) is 5.75 Å². The molecule has 0 heterocycles. The monoisotopic (exact) mass is 476 g/mol. The Morgan fingerprint density at radius 3 is 2.55 bits per heavy atom. The summed E-state index contributed by atoms with van der Waals surface area (Å²) in [5.41, 5.74) is -1.46. The number of nitro benzene ring substituents is 1. The van der Waals surface area contributed by atoms with Crippen molar-refractivity contribution < 1.29 is 37.6 Å². The van der Waals surface area contributed by atoms with E-state index < -0.39 is 48.9 Å². The van der Waals surface area contributed by atoms with Crippen molar-refractivity contribution in [1.82, 2.24) is 0 Å². The normalized spacial score (nSPS) is 11.6. The zero-order chi connectivity index (χ0) is 24.3. The predicted octanol–water partition coefficient (Wildman–Crippen LogP) is 4.39. The third-order valence-corrected chi connectivity index (χ3v) is 5.16. The van der Waals surface area contributed by atoms with Crippen LogP contribution in [0.15, 0.2) is 57.6 Å². The van der Waals surface area contributed by atoms with Gasteiger partial charge in [-0.15, -0.1) is 10.2 Å². The SMILES string of the molecule is CCOC(=O)Nc1cccc2ccc(O)c(N=Nc3cc([N+](=O)[O-])cc(S(=O)(=O)O)c3O)c12. The van der Waals surface area contributed by atoms with Crippen LogP contribution in [-0.4, -0.2) is 40.8 Å². The predicted molar refractivity (Wildman–Crippen MR) is 115 cm³/mol. The fourth-order valence-corrected chi connectivity index (χ4v) is 3.51. The molecule has 3 aromatic rings.